The Labute approximate surface area is 117 Å². The summed E-state index contributed by atoms with van der Waals surface area (Å²) in [6.07, 6.45) is 6.69. The van der Waals surface area contributed by atoms with Gasteiger partial charge in [-0.25, -0.2) is 4.68 Å². The van der Waals surface area contributed by atoms with Crippen molar-refractivity contribution in [2.24, 2.45) is 0 Å². The molecule has 0 saturated heterocycles. The quantitative estimate of drug-likeness (QED) is 0.640. The van der Waals surface area contributed by atoms with E-state index < -0.39 is 5.97 Å². The summed E-state index contributed by atoms with van der Waals surface area (Å²) < 4.78 is 1.84. The standard InChI is InChI=1S/C12H19ClN4O2/c13-9-5-1-2-6-10(9)17-11(14-15-16-17)7-3-4-8-12(18)19/h9-10H,1-8H2,(H,18,19). The fourth-order valence-electron chi connectivity index (χ4n) is 2.54. The van der Waals surface area contributed by atoms with Crippen LogP contribution < -0.4 is 0 Å². The smallest absolute Gasteiger partial charge is 0.303 e. The van der Waals surface area contributed by atoms with Crippen LogP contribution in [0.15, 0.2) is 0 Å². The minimum atomic E-state index is -0.757. The first-order valence-corrected chi connectivity index (χ1v) is 7.24. The maximum absolute atomic E-state index is 10.5. The van der Waals surface area contributed by atoms with Crippen molar-refractivity contribution in [3.63, 3.8) is 0 Å². The molecule has 7 heteroatoms. The van der Waals surface area contributed by atoms with Gasteiger partial charge in [0.05, 0.1) is 11.4 Å². The molecule has 0 aromatic carbocycles. The molecule has 1 aromatic rings. The van der Waals surface area contributed by atoms with Crippen molar-refractivity contribution >= 4 is 17.6 Å². The predicted octanol–water partition coefficient (Wildman–Crippen LogP) is 2.19. The fourth-order valence-corrected chi connectivity index (χ4v) is 2.92. The summed E-state index contributed by atoms with van der Waals surface area (Å²) in [6.45, 7) is 0. The van der Waals surface area contributed by atoms with E-state index in [-0.39, 0.29) is 17.8 Å². The Morgan fingerprint density at radius 2 is 2.16 bits per heavy atom. The molecule has 1 aliphatic rings. The highest BCUT2D eigenvalue weighted by Crippen LogP contribution is 2.32. The fraction of sp³-hybridized carbons (Fsp3) is 0.833. The lowest BCUT2D eigenvalue weighted by Crippen LogP contribution is -2.26. The third kappa shape index (κ3) is 3.89. The van der Waals surface area contributed by atoms with Gasteiger partial charge in [-0.3, -0.25) is 4.79 Å². The molecule has 1 heterocycles. The lowest BCUT2D eigenvalue weighted by Gasteiger charge is -2.27. The first-order valence-electron chi connectivity index (χ1n) is 6.81. The largest absolute Gasteiger partial charge is 0.481 e. The molecule has 106 valence electrons. The van der Waals surface area contributed by atoms with Gasteiger partial charge in [-0.1, -0.05) is 12.8 Å². The topological polar surface area (TPSA) is 80.9 Å². The average Bonchev–Trinajstić information content (AvgIpc) is 2.83. The molecule has 2 atom stereocenters. The van der Waals surface area contributed by atoms with Crippen LogP contribution in [-0.4, -0.2) is 36.7 Å². The van der Waals surface area contributed by atoms with E-state index >= 15 is 0 Å². The molecule has 1 aliphatic carbocycles. The zero-order chi connectivity index (χ0) is 13.7. The number of aromatic nitrogens is 4. The first kappa shape index (κ1) is 14.2. The van der Waals surface area contributed by atoms with Gasteiger partial charge in [0.2, 0.25) is 0 Å². The van der Waals surface area contributed by atoms with Crippen molar-refractivity contribution < 1.29 is 9.90 Å². The highest BCUT2D eigenvalue weighted by molar-refractivity contribution is 6.21. The Balaban J connectivity index is 1.91. The Kier molecular flexibility index (Phi) is 5.13. The van der Waals surface area contributed by atoms with Crippen LogP contribution >= 0.6 is 11.6 Å². The molecular weight excluding hydrogens is 268 g/mol. The number of carboxylic acids is 1. The second kappa shape index (κ2) is 6.84. The second-order valence-corrected chi connectivity index (χ2v) is 5.57. The van der Waals surface area contributed by atoms with Crippen LogP contribution in [-0.2, 0) is 11.2 Å². The Hall–Kier alpha value is -1.17. The summed E-state index contributed by atoms with van der Waals surface area (Å²) >= 11 is 6.35. The van der Waals surface area contributed by atoms with Crippen LogP contribution in [0.3, 0.4) is 0 Å². The van der Waals surface area contributed by atoms with Gasteiger partial charge in [0.15, 0.2) is 5.82 Å². The molecular formula is C12H19ClN4O2. The Morgan fingerprint density at radius 3 is 2.89 bits per heavy atom. The number of tetrazole rings is 1. The van der Waals surface area contributed by atoms with E-state index in [1.54, 1.807) is 0 Å². The number of hydrogen-bond acceptors (Lipinski definition) is 4. The average molecular weight is 287 g/mol. The van der Waals surface area contributed by atoms with Crippen LogP contribution in [0.1, 0.15) is 56.8 Å². The lowest BCUT2D eigenvalue weighted by atomic mass is 9.95. The van der Waals surface area contributed by atoms with Gasteiger partial charge in [-0.15, -0.1) is 16.7 Å². The highest BCUT2D eigenvalue weighted by atomic mass is 35.5. The summed E-state index contributed by atoms with van der Waals surface area (Å²) in [5.74, 6) is 0.0654. The van der Waals surface area contributed by atoms with E-state index in [4.69, 9.17) is 16.7 Å². The van der Waals surface area contributed by atoms with Crippen molar-refractivity contribution in [2.45, 2.75) is 62.8 Å². The monoisotopic (exact) mass is 286 g/mol. The van der Waals surface area contributed by atoms with Crippen molar-refractivity contribution in [3.05, 3.63) is 5.82 Å². The number of nitrogens with zero attached hydrogens (tertiary/aromatic N) is 4. The number of hydrogen-bond donors (Lipinski definition) is 1. The minimum Gasteiger partial charge on any atom is -0.481 e. The molecule has 0 radical (unpaired) electrons. The molecule has 0 aliphatic heterocycles. The van der Waals surface area contributed by atoms with Crippen molar-refractivity contribution in [1.29, 1.82) is 0 Å². The Morgan fingerprint density at radius 1 is 1.37 bits per heavy atom. The summed E-state index contributed by atoms with van der Waals surface area (Å²) in [7, 11) is 0. The summed E-state index contributed by atoms with van der Waals surface area (Å²) in [5.41, 5.74) is 0. The normalized spacial score (nSPS) is 23.4. The first-order chi connectivity index (χ1) is 9.18. The van der Waals surface area contributed by atoms with Gasteiger partial charge in [-0.05, 0) is 36.1 Å². The van der Waals surface area contributed by atoms with Crippen LogP contribution in [0.5, 0.6) is 0 Å². The maximum Gasteiger partial charge on any atom is 0.303 e. The summed E-state index contributed by atoms with van der Waals surface area (Å²) in [6, 6.07) is 0.180. The second-order valence-electron chi connectivity index (χ2n) is 5.01. The molecule has 0 spiro atoms. The van der Waals surface area contributed by atoms with Crippen LogP contribution in [0.4, 0.5) is 0 Å². The number of carbonyl (C=O) groups is 1. The molecule has 2 rings (SSSR count). The van der Waals surface area contributed by atoms with Gasteiger partial charge >= 0.3 is 5.97 Å². The molecule has 19 heavy (non-hydrogen) atoms. The highest BCUT2D eigenvalue weighted by Gasteiger charge is 2.27. The maximum atomic E-state index is 10.5. The molecule has 1 saturated carbocycles. The SMILES string of the molecule is O=C(O)CCCCc1nnnn1C1CCCCC1Cl. The van der Waals surface area contributed by atoms with Gasteiger partial charge in [0.1, 0.15) is 0 Å². The molecule has 0 bridgehead atoms. The van der Waals surface area contributed by atoms with Gasteiger partial charge in [-0.2, -0.15) is 0 Å². The van der Waals surface area contributed by atoms with Gasteiger partial charge in [0.25, 0.3) is 0 Å². The van der Waals surface area contributed by atoms with Crippen molar-refractivity contribution in [2.75, 3.05) is 0 Å². The van der Waals surface area contributed by atoms with E-state index in [0.717, 1.165) is 31.5 Å². The number of alkyl halides is 1. The predicted molar refractivity (Wildman–Crippen MR) is 70.2 cm³/mol. The van der Waals surface area contributed by atoms with E-state index in [0.29, 0.717) is 12.8 Å². The molecule has 6 nitrogen and oxygen atoms in total. The molecule has 1 aromatic heterocycles. The number of aliphatic carboxylic acids is 1. The molecule has 2 unspecified atom stereocenters. The van der Waals surface area contributed by atoms with E-state index in [2.05, 4.69) is 15.5 Å². The van der Waals surface area contributed by atoms with Crippen LogP contribution in [0.25, 0.3) is 0 Å². The minimum absolute atomic E-state index is 0.0926. The Bertz CT molecular complexity index is 424. The summed E-state index contributed by atoms with van der Waals surface area (Å²) in [4.78, 5) is 10.5. The number of unbranched alkanes of at least 4 members (excludes halogenated alkanes) is 1. The van der Waals surface area contributed by atoms with Crippen molar-refractivity contribution in [1.82, 2.24) is 20.2 Å². The number of halogens is 1. The number of rotatable bonds is 6. The van der Waals surface area contributed by atoms with Gasteiger partial charge in [0, 0.05) is 12.8 Å². The van der Waals surface area contributed by atoms with Crippen molar-refractivity contribution in [3.8, 4) is 0 Å². The number of carboxylic acid groups (broad SMARTS) is 1. The molecule has 1 fully saturated rings. The zero-order valence-corrected chi connectivity index (χ0v) is 11.6. The molecule has 1 N–H and O–H groups in total. The van der Waals surface area contributed by atoms with Gasteiger partial charge < -0.3 is 5.11 Å². The number of aryl methyl sites for hydroxylation is 1. The van der Waals surface area contributed by atoms with E-state index in [1.807, 2.05) is 4.68 Å². The van der Waals surface area contributed by atoms with Crippen LogP contribution in [0, 0.1) is 0 Å². The third-order valence-electron chi connectivity index (χ3n) is 3.56. The summed E-state index contributed by atoms with van der Waals surface area (Å²) in [5, 5.41) is 20.5. The third-order valence-corrected chi connectivity index (χ3v) is 4.07. The zero-order valence-electron chi connectivity index (χ0n) is 10.8. The lowest BCUT2D eigenvalue weighted by molar-refractivity contribution is -0.137. The van der Waals surface area contributed by atoms with Crippen LogP contribution in [0.2, 0.25) is 0 Å². The van der Waals surface area contributed by atoms with E-state index in [9.17, 15) is 4.79 Å². The van der Waals surface area contributed by atoms with E-state index in [1.165, 1.54) is 6.42 Å². The molecule has 0 amide bonds.